The molecule has 80 valence electrons. The smallest absolute Gasteiger partial charge is 0.146 e. The minimum absolute atomic E-state index is 0.0514. The largest absolute Gasteiger partial charge is 0.497 e. The molecule has 0 aliphatic carbocycles. The van der Waals surface area contributed by atoms with E-state index in [1.807, 2.05) is 6.07 Å². The van der Waals surface area contributed by atoms with Gasteiger partial charge in [-0.3, -0.25) is 0 Å². The van der Waals surface area contributed by atoms with Gasteiger partial charge in [-0.25, -0.2) is 9.07 Å². The first kappa shape index (κ1) is 10.2. The molecular formula is C11H8FN3O. The minimum atomic E-state index is -0.618. The SMILES string of the molecule is COc1cc(F)c(C#N)c(-n2cccn2)c1. The molecule has 0 radical (unpaired) electrons. The van der Waals surface area contributed by atoms with Crippen LogP contribution >= 0.6 is 0 Å². The van der Waals surface area contributed by atoms with Crippen LogP contribution in [0.25, 0.3) is 5.69 Å². The Labute approximate surface area is 91.5 Å². The highest BCUT2D eigenvalue weighted by Gasteiger charge is 2.12. The average Bonchev–Trinajstić information content (AvgIpc) is 2.81. The predicted molar refractivity (Wildman–Crippen MR) is 54.8 cm³/mol. The third kappa shape index (κ3) is 1.61. The van der Waals surface area contributed by atoms with Crippen molar-refractivity contribution in [1.29, 1.82) is 5.26 Å². The van der Waals surface area contributed by atoms with Crippen LogP contribution in [-0.2, 0) is 0 Å². The zero-order chi connectivity index (χ0) is 11.5. The first-order valence-electron chi connectivity index (χ1n) is 4.54. The highest BCUT2D eigenvalue weighted by Crippen LogP contribution is 2.23. The van der Waals surface area contributed by atoms with Crippen LogP contribution < -0.4 is 4.74 Å². The molecule has 0 saturated heterocycles. The molecular weight excluding hydrogens is 209 g/mol. The summed E-state index contributed by atoms with van der Waals surface area (Å²) in [5.41, 5.74) is 0.314. The second-order valence-electron chi connectivity index (χ2n) is 3.07. The summed E-state index contributed by atoms with van der Waals surface area (Å²) in [6.45, 7) is 0. The summed E-state index contributed by atoms with van der Waals surface area (Å²) in [5, 5.41) is 12.8. The number of hydrogen-bond acceptors (Lipinski definition) is 3. The van der Waals surface area contributed by atoms with Crippen molar-refractivity contribution >= 4 is 0 Å². The molecule has 0 amide bonds. The fourth-order valence-corrected chi connectivity index (χ4v) is 1.39. The van der Waals surface area contributed by atoms with Gasteiger partial charge in [0.05, 0.1) is 12.8 Å². The lowest BCUT2D eigenvalue weighted by atomic mass is 10.1. The van der Waals surface area contributed by atoms with Crippen molar-refractivity contribution in [3.8, 4) is 17.5 Å². The summed E-state index contributed by atoms with van der Waals surface area (Å²) in [5.74, 6) is -0.269. The van der Waals surface area contributed by atoms with E-state index in [0.717, 1.165) is 0 Å². The number of nitrogens with zero attached hydrogens (tertiary/aromatic N) is 3. The minimum Gasteiger partial charge on any atom is -0.497 e. The fourth-order valence-electron chi connectivity index (χ4n) is 1.39. The lowest BCUT2D eigenvalue weighted by molar-refractivity contribution is 0.410. The number of hydrogen-bond donors (Lipinski definition) is 0. The maximum atomic E-state index is 13.5. The first-order chi connectivity index (χ1) is 7.76. The number of benzene rings is 1. The molecule has 2 aromatic rings. The molecule has 1 aromatic heterocycles. The predicted octanol–water partition coefficient (Wildman–Crippen LogP) is 1.89. The van der Waals surface area contributed by atoms with Crippen LogP contribution in [0.5, 0.6) is 5.75 Å². The zero-order valence-electron chi connectivity index (χ0n) is 8.51. The Morgan fingerprint density at radius 3 is 2.88 bits per heavy atom. The van der Waals surface area contributed by atoms with E-state index in [1.54, 1.807) is 24.5 Å². The summed E-state index contributed by atoms with van der Waals surface area (Å²) in [6, 6.07) is 6.24. The molecule has 0 unspecified atom stereocenters. The molecule has 0 spiro atoms. The number of nitriles is 1. The van der Waals surface area contributed by atoms with Gasteiger partial charge in [-0.1, -0.05) is 0 Å². The third-order valence-electron chi connectivity index (χ3n) is 2.14. The summed E-state index contributed by atoms with van der Waals surface area (Å²) >= 11 is 0. The van der Waals surface area contributed by atoms with E-state index >= 15 is 0 Å². The Balaban J connectivity index is 2.67. The monoisotopic (exact) mass is 217 g/mol. The summed E-state index contributed by atoms with van der Waals surface area (Å²) < 4.78 is 19.9. The molecule has 0 N–H and O–H groups in total. The topological polar surface area (TPSA) is 50.8 Å². The average molecular weight is 217 g/mol. The molecule has 1 heterocycles. The zero-order valence-corrected chi connectivity index (χ0v) is 8.51. The summed E-state index contributed by atoms with van der Waals surface area (Å²) in [7, 11) is 1.44. The van der Waals surface area contributed by atoms with Crippen LogP contribution in [0, 0.1) is 17.1 Å². The van der Waals surface area contributed by atoms with Crippen molar-refractivity contribution in [2.45, 2.75) is 0 Å². The van der Waals surface area contributed by atoms with Crippen LogP contribution in [0.3, 0.4) is 0 Å². The van der Waals surface area contributed by atoms with E-state index in [1.165, 1.54) is 17.9 Å². The van der Waals surface area contributed by atoms with Crippen LogP contribution in [0.15, 0.2) is 30.6 Å². The standard InChI is InChI=1S/C11H8FN3O/c1-16-8-5-10(12)9(7-13)11(6-8)15-4-2-3-14-15/h2-6H,1H3. The van der Waals surface area contributed by atoms with Gasteiger partial charge >= 0.3 is 0 Å². The molecule has 16 heavy (non-hydrogen) atoms. The summed E-state index contributed by atoms with van der Waals surface area (Å²) in [6.07, 6.45) is 3.19. The number of ether oxygens (including phenoxy) is 1. The van der Waals surface area contributed by atoms with Crippen molar-refractivity contribution < 1.29 is 9.13 Å². The van der Waals surface area contributed by atoms with Crippen LogP contribution in [-0.4, -0.2) is 16.9 Å². The second kappa shape index (κ2) is 4.03. The van der Waals surface area contributed by atoms with E-state index in [4.69, 9.17) is 10.00 Å². The Kier molecular flexibility index (Phi) is 2.56. The van der Waals surface area contributed by atoms with E-state index in [9.17, 15) is 4.39 Å². The van der Waals surface area contributed by atoms with Gasteiger partial charge in [0, 0.05) is 24.5 Å². The first-order valence-corrected chi connectivity index (χ1v) is 4.54. The molecule has 0 atom stereocenters. The molecule has 1 aromatic carbocycles. The quantitative estimate of drug-likeness (QED) is 0.771. The van der Waals surface area contributed by atoms with Gasteiger partial charge in [-0.15, -0.1) is 0 Å². The summed E-state index contributed by atoms with van der Waals surface area (Å²) in [4.78, 5) is 0. The third-order valence-corrected chi connectivity index (χ3v) is 2.14. The van der Waals surface area contributed by atoms with Crippen molar-refractivity contribution in [2.24, 2.45) is 0 Å². The van der Waals surface area contributed by atoms with E-state index < -0.39 is 5.82 Å². The molecule has 0 aliphatic rings. The number of rotatable bonds is 2. The molecule has 0 saturated carbocycles. The number of methoxy groups -OCH3 is 1. The van der Waals surface area contributed by atoms with Crippen LogP contribution in [0.2, 0.25) is 0 Å². The fraction of sp³-hybridized carbons (Fsp3) is 0.0909. The van der Waals surface area contributed by atoms with Gasteiger partial charge in [0.1, 0.15) is 23.2 Å². The Morgan fingerprint density at radius 2 is 2.31 bits per heavy atom. The molecule has 2 rings (SSSR count). The normalized spacial score (nSPS) is 9.81. The highest BCUT2D eigenvalue weighted by molar-refractivity contribution is 5.53. The maximum Gasteiger partial charge on any atom is 0.146 e. The van der Waals surface area contributed by atoms with E-state index in [0.29, 0.717) is 11.4 Å². The lowest BCUT2D eigenvalue weighted by Crippen LogP contribution is -2.01. The van der Waals surface area contributed by atoms with Gasteiger partial charge < -0.3 is 4.74 Å². The van der Waals surface area contributed by atoms with E-state index in [-0.39, 0.29) is 5.56 Å². The highest BCUT2D eigenvalue weighted by atomic mass is 19.1. The van der Waals surface area contributed by atoms with Gasteiger partial charge in [0.15, 0.2) is 0 Å². The Hall–Kier alpha value is -2.35. The lowest BCUT2D eigenvalue weighted by Gasteiger charge is -2.07. The van der Waals surface area contributed by atoms with Gasteiger partial charge in [-0.2, -0.15) is 10.4 Å². The van der Waals surface area contributed by atoms with Gasteiger partial charge in [-0.05, 0) is 6.07 Å². The Bertz CT molecular complexity index is 543. The maximum absolute atomic E-state index is 13.5. The van der Waals surface area contributed by atoms with Crippen LogP contribution in [0.1, 0.15) is 5.56 Å². The van der Waals surface area contributed by atoms with Gasteiger partial charge in [0.2, 0.25) is 0 Å². The number of aromatic nitrogens is 2. The van der Waals surface area contributed by atoms with Crippen molar-refractivity contribution in [2.75, 3.05) is 7.11 Å². The molecule has 0 fully saturated rings. The Morgan fingerprint density at radius 1 is 1.50 bits per heavy atom. The van der Waals surface area contributed by atoms with Crippen molar-refractivity contribution in [1.82, 2.24) is 9.78 Å². The molecule has 0 bridgehead atoms. The van der Waals surface area contributed by atoms with Gasteiger partial charge in [0.25, 0.3) is 0 Å². The van der Waals surface area contributed by atoms with Crippen molar-refractivity contribution in [3.05, 3.63) is 42.0 Å². The van der Waals surface area contributed by atoms with Crippen molar-refractivity contribution in [3.63, 3.8) is 0 Å². The number of halogens is 1. The van der Waals surface area contributed by atoms with Crippen LogP contribution in [0.4, 0.5) is 4.39 Å². The second-order valence-corrected chi connectivity index (χ2v) is 3.07. The molecule has 4 nitrogen and oxygen atoms in total. The molecule has 5 heteroatoms. The van der Waals surface area contributed by atoms with E-state index in [2.05, 4.69) is 5.10 Å². The molecule has 0 aliphatic heterocycles.